The van der Waals surface area contributed by atoms with Gasteiger partial charge < -0.3 is 13.9 Å². The number of furan rings is 1. The van der Waals surface area contributed by atoms with Crippen LogP contribution in [0.2, 0.25) is 0 Å². The topological polar surface area (TPSA) is 55.5 Å². The fourth-order valence-electron chi connectivity index (χ4n) is 3.12. The molecule has 2 heterocycles. The Morgan fingerprint density at radius 1 is 1.22 bits per heavy atom. The molecule has 2 aromatic heterocycles. The third kappa shape index (κ3) is 3.79. The molecule has 0 unspecified atom stereocenters. The summed E-state index contributed by atoms with van der Waals surface area (Å²) in [5.74, 6) is -0.0960. The van der Waals surface area contributed by atoms with E-state index in [0.29, 0.717) is 35.4 Å². The van der Waals surface area contributed by atoms with Crippen molar-refractivity contribution in [1.29, 1.82) is 0 Å². The van der Waals surface area contributed by atoms with Crippen molar-refractivity contribution in [2.75, 3.05) is 13.6 Å². The van der Waals surface area contributed by atoms with Crippen LogP contribution in [0.15, 0.2) is 45.7 Å². The van der Waals surface area contributed by atoms with Crippen LogP contribution < -0.4 is 5.56 Å². The molecule has 1 aromatic carbocycles. The summed E-state index contributed by atoms with van der Waals surface area (Å²) in [5.41, 5.74) is 1.23. The maximum Gasteiger partial charge on any atom is 0.262 e. The molecule has 0 saturated carbocycles. The number of carbonyl (C=O) groups is 1. The highest BCUT2D eigenvalue weighted by Gasteiger charge is 2.24. The molecule has 0 radical (unpaired) electrons. The van der Waals surface area contributed by atoms with E-state index in [4.69, 9.17) is 4.42 Å². The standard InChI is InChI=1S/C21H23FN2O3/c1-4-5-11-23(3)20(25)18-14(2)27-17-10-12-24(21(26)19(17)18)13-15-6-8-16(22)9-7-15/h6-10,12H,4-5,11,13H2,1-3H3. The van der Waals surface area contributed by atoms with E-state index < -0.39 is 0 Å². The van der Waals surface area contributed by atoms with Crippen molar-refractivity contribution in [3.8, 4) is 0 Å². The zero-order valence-corrected chi connectivity index (χ0v) is 15.8. The van der Waals surface area contributed by atoms with Gasteiger partial charge in [0.15, 0.2) is 0 Å². The molecule has 27 heavy (non-hydrogen) atoms. The first-order valence-electron chi connectivity index (χ1n) is 9.04. The highest BCUT2D eigenvalue weighted by molar-refractivity contribution is 6.06. The van der Waals surface area contributed by atoms with E-state index in [2.05, 4.69) is 6.92 Å². The second-order valence-corrected chi connectivity index (χ2v) is 6.73. The molecule has 0 aliphatic rings. The fraction of sp³-hybridized carbons (Fsp3) is 0.333. The highest BCUT2D eigenvalue weighted by Crippen LogP contribution is 2.24. The van der Waals surface area contributed by atoms with E-state index in [1.165, 1.54) is 16.7 Å². The average molecular weight is 370 g/mol. The summed E-state index contributed by atoms with van der Waals surface area (Å²) in [4.78, 5) is 27.5. The Balaban J connectivity index is 2.02. The molecule has 0 N–H and O–H groups in total. The van der Waals surface area contributed by atoms with Gasteiger partial charge in [-0.3, -0.25) is 9.59 Å². The SMILES string of the molecule is CCCCN(C)C(=O)c1c(C)oc2ccn(Cc3ccc(F)cc3)c(=O)c12. The van der Waals surface area contributed by atoms with Gasteiger partial charge in [-0.2, -0.15) is 0 Å². The van der Waals surface area contributed by atoms with Crippen molar-refractivity contribution in [1.82, 2.24) is 9.47 Å². The minimum atomic E-state index is -0.324. The van der Waals surface area contributed by atoms with Gasteiger partial charge in [0, 0.05) is 19.8 Å². The molecule has 0 aliphatic carbocycles. The van der Waals surface area contributed by atoms with Crippen molar-refractivity contribution in [2.24, 2.45) is 0 Å². The fourth-order valence-corrected chi connectivity index (χ4v) is 3.12. The Labute approximate surface area is 157 Å². The predicted molar refractivity (Wildman–Crippen MR) is 103 cm³/mol. The number of fused-ring (bicyclic) bond motifs is 1. The highest BCUT2D eigenvalue weighted by atomic mass is 19.1. The lowest BCUT2D eigenvalue weighted by atomic mass is 10.1. The minimum absolute atomic E-state index is 0.212. The van der Waals surface area contributed by atoms with Gasteiger partial charge in [-0.05, 0) is 37.1 Å². The van der Waals surface area contributed by atoms with E-state index >= 15 is 0 Å². The first-order chi connectivity index (χ1) is 12.9. The first kappa shape index (κ1) is 18.9. The molecule has 0 saturated heterocycles. The summed E-state index contributed by atoms with van der Waals surface area (Å²) in [6.45, 7) is 4.67. The Kier molecular flexibility index (Phi) is 5.44. The van der Waals surface area contributed by atoms with E-state index in [1.54, 1.807) is 43.3 Å². The number of halogens is 1. The molecule has 0 fully saturated rings. The molecule has 5 nitrogen and oxygen atoms in total. The van der Waals surface area contributed by atoms with Crippen LogP contribution >= 0.6 is 0 Å². The van der Waals surface area contributed by atoms with Gasteiger partial charge in [-0.25, -0.2) is 4.39 Å². The molecule has 0 spiro atoms. The van der Waals surface area contributed by atoms with Crippen LogP contribution in [-0.4, -0.2) is 29.0 Å². The van der Waals surface area contributed by atoms with Crippen molar-refractivity contribution < 1.29 is 13.6 Å². The van der Waals surface area contributed by atoms with Crippen molar-refractivity contribution in [2.45, 2.75) is 33.2 Å². The summed E-state index contributed by atoms with van der Waals surface area (Å²) in [7, 11) is 1.73. The monoisotopic (exact) mass is 370 g/mol. The lowest BCUT2D eigenvalue weighted by Gasteiger charge is -2.16. The summed E-state index contributed by atoms with van der Waals surface area (Å²) in [6.07, 6.45) is 3.51. The number of amides is 1. The van der Waals surface area contributed by atoms with Crippen molar-refractivity contribution in [3.63, 3.8) is 0 Å². The first-order valence-corrected chi connectivity index (χ1v) is 9.04. The van der Waals surface area contributed by atoms with Gasteiger partial charge in [-0.15, -0.1) is 0 Å². The number of rotatable bonds is 6. The normalized spacial score (nSPS) is 11.1. The van der Waals surface area contributed by atoms with Gasteiger partial charge >= 0.3 is 0 Å². The van der Waals surface area contributed by atoms with E-state index in [1.807, 2.05) is 0 Å². The van der Waals surface area contributed by atoms with Crippen LogP contribution in [0.1, 0.15) is 41.4 Å². The number of hydrogen-bond acceptors (Lipinski definition) is 3. The smallest absolute Gasteiger partial charge is 0.262 e. The third-order valence-corrected chi connectivity index (χ3v) is 4.67. The van der Waals surface area contributed by atoms with Gasteiger partial charge in [-0.1, -0.05) is 25.5 Å². The van der Waals surface area contributed by atoms with Gasteiger partial charge in [0.1, 0.15) is 17.2 Å². The van der Waals surface area contributed by atoms with E-state index in [-0.39, 0.29) is 17.3 Å². The zero-order chi connectivity index (χ0) is 19.6. The van der Waals surface area contributed by atoms with Crippen LogP contribution in [0.5, 0.6) is 0 Å². The summed E-state index contributed by atoms with van der Waals surface area (Å²) >= 11 is 0. The molecule has 0 atom stereocenters. The molecule has 142 valence electrons. The Morgan fingerprint density at radius 3 is 2.59 bits per heavy atom. The Morgan fingerprint density at radius 2 is 1.93 bits per heavy atom. The van der Waals surface area contributed by atoms with E-state index in [0.717, 1.165) is 18.4 Å². The number of benzene rings is 1. The van der Waals surface area contributed by atoms with Gasteiger partial charge in [0.05, 0.1) is 17.5 Å². The number of aromatic nitrogens is 1. The maximum atomic E-state index is 13.1. The summed E-state index contributed by atoms with van der Waals surface area (Å²) in [5, 5.41) is 0.297. The number of unbranched alkanes of at least 4 members (excludes halogenated alkanes) is 1. The second kappa shape index (κ2) is 7.78. The van der Waals surface area contributed by atoms with Crippen LogP contribution in [0.4, 0.5) is 4.39 Å². The molecular formula is C21H23FN2O3. The van der Waals surface area contributed by atoms with Gasteiger partial charge in [0.2, 0.25) is 0 Å². The average Bonchev–Trinajstić information content (AvgIpc) is 2.99. The quantitative estimate of drug-likeness (QED) is 0.660. The molecule has 3 rings (SSSR count). The van der Waals surface area contributed by atoms with Crippen LogP contribution in [-0.2, 0) is 6.54 Å². The second-order valence-electron chi connectivity index (χ2n) is 6.73. The summed E-state index contributed by atoms with van der Waals surface area (Å²) in [6, 6.07) is 7.68. The zero-order valence-electron chi connectivity index (χ0n) is 15.8. The third-order valence-electron chi connectivity index (χ3n) is 4.67. The molecule has 0 aliphatic heterocycles. The van der Waals surface area contributed by atoms with Gasteiger partial charge in [0.25, 0.3) is 11.5 Å². The number of carbonyl (C=O) groups excluding carboxylic acids is 1. The van der Waals surface area contributed by atoms with Crippen LogP contribution in [0.3, 0.4) is 0 Å². The number of aryl methyl sites for hydroxylation is 1. The van der Waals surface area contributed by atoms with Crippen LogP contribution in [0, 0.1) is 12.7 Å². The Bertz CT molecular complexity index is 1020. The molecule has 0 bridgehead atoms. The number of pyridine rings is 1. The predicted octanol–water partition coefficient (Wildman–Crippen LogP) is 3.96. The molecule has 6 heteroatoms. The van der Waals surface area contributed by atoms with Crippen LogP contribution in [0.25, 0.3) is 11.0 Å². The molecular weight excluding hydrogens is 347 g/mol. The van der Waals surface area contributed by atoms with Crippen molar-refractivity contribution in [3.05, 3.63) is 69.6 Å². The maximum absolute atomic E-state index is 13.1. The minimum Gasteiger partial charge on any atom is -0.460 e. The number of hydrogen-bond donors (Lipinski definition) is 0. The Hall–Kier alpha value is -2.89. The lowest BCUT2D eigenvalue weighted by molar-refractivity contribution is 0.0793. The van der Waals surface area contributed by atoms with E-state index in [9.17, 15) is 14.0 Å². The summed E-state index contributed by atoms with van der Waals surface area (Å²) < 4.78 is 20.3. The lowest BCUT2D eigenvalue weighted by Crippen LogP contribution is -2.29. The molecule has 1 amide bonds. The largest absolute Gasteiger partial charge is 0.460 e. The van der Waals surface area contributed by atoms with Crippen molar-refractivity contribution >= 4 is 16.9 Å². The number of nitrogens with zero attached hydrogens (tertiary/aromatic N) is 2. The molecule has 3 aromatic rings.